The molecule has 0 bridgehead atoms. The molecule has 1 heterocycles. The normalized spacial score (nSPS) is 16.5. The highest BCUT2D eigenvalue weighted by Crippen LogP contribution is 2.28. The quantitative estimate of drug-likeness (QED) is 0.677. The minimum absolute atomic E-state index is 0.265. The fraction of sp³-hybridized carbons (Fsp3) is 0.571. The Morgan fingerprint density at radius 2 is 1.93 bits per heavy atom. The van der Waals surface area contributed by atoms with Crippen LogP contribution in [0.3, 0.4) is 0 Å². The van der Waals surface area contributed by atoms with Crippen molar-refractivity contribution in [3.63, 3.8) is 0 Å². The van der Waals surface area contributed by atoms with E-state index in [0.29, 0.717) is 0 Å². The summed E-state index contributed by atoms with van der Waals surface area (Å²) in [7, 11) is 0. The molecule has 1 aromatic rings. The van der Waals surface area contributed by atoms with E-state index < -0.39 is 0 Å². The fourth-order valence-corrected chi connectivity index (χ4v) is 2.10. The highest BCUT2D eigenvalue weighted by atomic mass is 14.9. The van der Waals surface area contributed by atoms with Gasteiger partial charge in [-0.2, -0.15) is 0 Å². The summed E-state index contributed by atoms with van der Waals surface area (Å²) in [5, 5.41) is 3.50. The molecule has 82 valence electrons. The number of nitrogens with one attached hydrogen (secondary N) is 1. The Morgan fingerprint density at radius 3 is 2.67 bits per heavy atom. The third-order valence-electron chi connectivity index (χ3n) is 3.16. The van der Waals surface area contributed by atoms with Gasteiger partial charge in [-0.3, -0.25) is 0 Å². The minimum atomic E-state index is 0.265. The van der Waals surface area contributed by atoms with Gasteiger partial charge in [-0.1, -0.05) is 32.9 Å². The van der Waals surface area contributed by atoms with E-state index in [1.165, 1.54) is 36.1 Å². The summed E-state index contributed by atoms with van der Waals surface area (Å²) in [6, 6.07) is 6.89. The summed E-state index contributed by atoms with van der Waals surface area (Å²) < 4.78 is 0. The number of aryl methyl sites for hydroxylation is 1. The molecule has 1 aliphatic heterocycles. The molecule has 2 rings (SSSR count). The maximum atomic E-state index is 3.50. The van der Waals surface area contributed by atoms with Gasteiger partial charge in [0, 0.05) is 12.2 Å². The maximum absolute atomic E-state index is 3.50. The number of rotatable bonds is 0. The summed E-state index contributed by atoms with van der Waals surface area (Å²) in [5.41, 5.74) is 4.56. The summed E-state index contributed by atoms with van der Waals surface area (Å²) in [6.07, 6.45) is 3.83. The van der Waals surface area contributed by atoms with E-state index in [4.69, 9.17) is 0 Å². The lowest BCUT2D eigenvalue weighted by atomic mass is 9.85. The Labute approximate surface area is 92.9 Å². The lowest BCUT2D eigenvalue weighted by Gasteiger charge is -2.21. The van der Waals surface area contributed by atoms with Crippen LogP contribution in [0.15, 0.2) is 18.2 Å². The molecule has 0 fully saturated rings. The zero-order chi connectivity index (χ0) is 10.9. The molecule has 0 aromatic heterocycles. The third-order valence-corrected chi connectivity index (χ3v) is 3.16. The lowest BCUT2D eigenvalue weighted by Crippen LogP contribution is -2.11. The van der Waals surface area contributed by atoms with Crippen LogP contribution in [0.25, 0.3) is 0 Å². The van der Waals surface area contributed by atoms with Gasteiger partial charge in [-0.15, -0.1) is 0 Å². The first kappa shape index (κ1) is 10.5. The van der Waals surface area contributed by atoms with Crippen LogP contribution < -0.4 is 5.32 Å². The molecule has 1 aromatic carbocycles. The topological polar surface area (TPSA) is 12.0 Å². The molecule has 1 N–H and O–H groups in total. The standard InChI is InChI=1S/C14H21N/c1-14(2,3)12-7-8-13-11(10-12)6-4-5-9-15-13/h7-8,10,15H,4-6,9H2,1-3H3. The van der Waals surface area contributed by atoms with Gasteiger partial charge in [0.15, 0.2) is 0 Å². The van der Waals surface area contributed by atoms with E-state index in [-0.39, 0.29) is 5.41 Å². The largest absolute Gasteiger partial charge is 0.385 e. The molecule has 0 aliphatic carbocycles. The molecule has 0 spiro atoms. The number of hydrogen-bond acceptors (Lipinski definition) is 1. The molecule has 15 heavy (non-hydrogen) atoms. The van der Waals surface area contributed by atoms with Crippen LogP contribution in [0.1, 0.15) is 44.7 Å². The fourth-order valence-electron chi connectivity index (χ4n) is 2.10. The summed E-state index contributed by atoms with van der Waals surface area (Å²) in [6.45, 7) is 7.96. The Bertz CT molecular complexity index is 347. The highest BCUT2D eigenvalue weighted by Gasteiger charge is 2.16. The molecule has 0 unspecified atom stereocenters. The van der Waals surface area contributed by atoms with Crippen LogP contribution in [0.2, 0.25) is 0 Å². The van der Waals surface area contributed by atoms with Gasteiger partial charge in [0.2, 0.25) is 0 Å². The Kier molecular flexibility index (Phi) is 2.72. The van der Waals surface area contributed by atoms with Crippen molar-refractivity contribution in [2.24, 2.45) is 0 Å². The second kappa shape index (κ2) is 3.88. The minimum Gasteiger partial charge on any atom is -0.385 e. The molecular formula is C14H21N. The second-order valence-corrected chi connectivity index (χ2v) is 5.51. The predicted molar refractivity (Wildman–Crippen MR) is 66.6 cm³/mol. The van der Waals surface area contributed by atoms with Crippen LogP contribution >= 0.6 is 0 Å². The molecule has 0 saturated carbocycles. The van der Waals surface area contributed by atoms with Crippen LogP contribution in [0.4, 0.5) is 5.69 Å². The van der Waals surface area contributed by atoms with E-state index >= 15 is 0 Å². The second-order valence-electron chi connectivity index (χ2n) is 5.51. The van der Waals surface area contributed by atoms with E-state index in [9.17, 15) is 0 Å². The van der Waals surface area contributed by atoms with Crippen molar-refractivity contribution >= 4 is 5.69 Å². The van der Waals surface area contributed by atoms with Crippen LogP contribution in [-0.2, 0) is 11.8 Å². The Balaban J connectivity index is 2.36. The van der Waals surface area contributed by atoms with E-state index in [1.54, 1.807) is 0 Å². The summed E-state index contributed by atoms with van der Waals surface area (Å²) in [5.74, 6) is 0. The zero-order valence-corrected chi connectivity index (χ0v) is 10.1. The van der Waals surface area contributed by atoms with E-state index in [0.717, 1.165) is 6.54 Å². The number of hydrogen-bond donors (Lipinski definition) is 1. The number of benzene rings is 1. The van der Waals surface area contributed by atoms with Gasteiger partial charge in [0.1, 0.15) is 0 Å². The summed E-state index contributed by atoms with van der Waals surface area (Å²) >= 11 is 0. The van der Waals surface area contributed by atoms with E-state index in [2.05, 4.69) is 44.3 Å². The third kappa shape index (κ3) is 2.34. The zero-order valence-electron chi connectivity index (χ0n) is 10.1. The van der Waals surface area contributed by atoms with E-state index in [1.807, 2.05) is 0 Å². The first-order chi connectivity index (χ1) is 7.07. The highest BCUT2D eigenvalue weighted by molar-refractivity contribution is 5.54. The first-order valence-corrected chi connectivity index (χ1v) is 5.95. The van der Waals surface area contributed by atoms with Crippen LogP contribution in [0, 0.1) is 0 Å². The van der Waals surface area contributed by atoms with Crippen molar-refractivity contribution in [3.8, 4) is 0 Å². The van der Waals surface area contributed by atoms with Gasteiger partial charge in [-0.05, 0) is 41.9 Å². The monoisotopic (exact) mass is 203 g/mol. The van der Waals surface area contributed by atoms with Gasteiger partial charge < -0.3 is 5.32 Å². The van der Waals surface area contributed by atoms with Crippen LogP contribution in [0.5, 0.6) is 0 Å². The Morgan fingerprint density at radius 1 is 1.13 bits per heavy atom. The van der Waals surface area contributed by atoms with Gasteiger partial charge in [0.05, 0.1) is 0 Å². The van der Waals surface area contributed by atoms with Gasteiger partial charge >= 0.3 is 0 Å². The lowest BCUT2D eigenvalue weighted by molar-refractivity contribution is 0.589. The van der Waals surface area contributed by atoms with Crippen molar-refractivity contribution in [2.75, 3.05) is 11.9 Å². The summed E-state index contributed by atoms with van der Waals surface area (Å²) in [4.78, 5) is 0. The molecule has 1 heteroatoms. The molecule has 0 amide bonds. The van der Waals surface area contributed by atoms with Crippen molar-refractivity contribution in [1.82, 2.24) is 0 Å². The predicted octanol–water partition coefficient (Wildman–Crippen LogP) is 3.73. The maximum Gasteiger partial charge on any atom is 0.0372 e. The first-order valence-electron chi connectivity index (χ1n) is 5.95. The molecule has 0 saturated heterocycles. The van der Waals surface area contributed by atoms with Crippen molar-refractivity contribution in [2.45, 2.75) is 45.4 Å². The number of anilines is 1. The number of fused-ring (bicyclic) bond motifs is 1. The average Bonchev–Trinajstić information content (AvgIpc) is 2.39. The average molecular weight is 203 g/mol. The molecular weight excluding hydrogens is 182 g/mol. The SMILES string of the molecule is CC(C)(C)c1ccc2c(c1)CCCCN2. The van der Waals surface area contributed by atoms with Crippen molar-refractivity contribution in [1.29, 1.82) is 0 Å². The van der Waals surface area contributed by atoms with Gasteiger partial charge in [-0.25, -0.2) is 0 Å². The Hall–Kier alpha value is -0.980. The molecule has 0 atom stereocenters. The van der Waals surface area contributed by atoms with Crippen molar-refractivity contribution < 1.29 is 0 Å². The van der Waals surface area contributed by atoms with Gasteiger partial charge in [0.25, 0.3) is 0 Å². The molecule has 1 nitrogen and oxygen atoms in total. The molecule has 1 aliphatic rings. The van der Waals surface area contributed by atoms with Crippen LogP contribution in [-0.4, -0.2) is 6.54 Å². The smallest absolute Gasteiger partial charge is 0.0372 e. The molecule has 0 radical (unpaired) electrons. The van der Waals surface area contributed by atoms with Crippen molar-refractivity contribution in [3.05, 3.63) is 29.3 Å².